The molecular formula is C39H41F6N3O4. The molecule has 1 amide bonds. The molecule has 2 N–H and O–H groups in total. The lowest BCUT2D eigenvalue weighted by Crippen LogP contribution is -2.48. The van der Waals surface area contributed by atoms with Crippen LogP contribution in [0.2, 0.25) is 0 Å². The number of nitrogens with zero attached hydrogens (tertiary/aromatic N) is 2. The van der Waals surface area contributed by atoms with E-state index in [-0.39, 0.29) is 52.5 Å². The topological polar surface area (TPSA) is 91.6 Å². The van der Waals surface area contributed by atoms with Crippen LogP contribution >= 0.6 is 0 Å². The fraction of sp³-hybridized carbons (Fsp3) is 0.462. The smallest absolute Gasteiger partial charge is 0.416 e. The van der Waals surface area contributed by atoms with Gasteiger partial charge in [-0.2, -0.15) is 13.2 Å². The Morgan fingerprint density at radius 1 is 1.02 bits per heavy atom. The van der Waals surface area contributed by atoms with Crippen molar-refractivity contribution in [2.45, 2.75) is 78.1 Å². The highest BCUT2D eigenvalue weighted by molar-refractivity contribution is 5.82. The molecule has 1 aromatic heterocycles. The number of pyridine rings is 1. The van der Waals surface area contributed by atoms with Gasteiger partial charge in [0, 0.05) is 43.0 Å². The predicted molar refractivity (Wildman–Crippen MR) is 183 cm³/mol. The van der Waals surface area contributed by atoms with Crippen LogP contribution in [0.15, 0.2) is 35.3 Å². The van der Waals surface area contributed by atoms with Gasteiger partial charge in [0.15, 0.2) is 0 Å². The molecule has 278 valence electrons. The van der Waals surface area contributed by atoms with Gasteiger partial charge in [-0.25, -0.2) is 13.2 Å². The zero-order valence-electron chi connectivity index (χ0n) is 29.3. The number of benzene rings is 2. The first-order chi connectivity index (χ1) is 24.4. The number of aromatic nitrogens is 1. The van der Waals surface area contributed by atoms with E-state index in [1.54, 1.807) is 13.8 Å². The van der Waals surface area contributed by atoms with E-state index >= 15 is 8.78 Å². The van der Waals surface area contributed by atoms with Crippen LogP contribution in [-0.4, -0.2) is 46.1 Å². The fourth-order valence-corrected chi connectivity index (χ4v) is 7.24. The second-order valence-electron chi connectivity index (χ2n) is 14.6. The highest BCUT2D eigenvalue weighted by Gasteiger charge is 2.39. The minimum absolute atomic E-state index is 0.00818. The number of carboxylic acids is 1. The number of hydrogen-bond acceptors (Lipinski definition) is 4. The molecule has 2 heterocycles. The number of carbonyl (C=O) groups excluding carboxylic acids is 1. The van der Waals surface area contributed by atoms with Crippen molar-refractivity contribution in [2.75, 3.05) is 19.6 Å². The summed E-state index contributed by atoms with van der Waals surface area (Å²) in [4.78, 5) is 41.7. The number of halogens is 6. The van der Waals surface area contributed by atoms with E-state index in [0.29, 0.717) is 25.1 Å². The third-order valence-corrected chi connectivity index (χ3v) is 9.76. The first-order valence-electron chi connectivity index (χ1n) is 17.2. The predicted octanol–water partition coefficient (Wildman–Crippen LogP) is 7.35. The number of alkyl halides is 3. The Kier molecular flexibility index (Phi) is 11.3. The molecule has 0 spiro atoms. The zero-order valence-corrected chi connectivity index (χ0v) is 29.3. The van der Waals surface area contributed by atoms with Crippen LogP contribution in [0, 0.1) is 61.4 Å². The summed E-state index contributed by atoms with van der Waals surface area (Å²) in [7, 11) is 0. The van der Waals surface area contributed by atoms with Crippen LogP contribution in [0.25, 0.3) is 11.1 Å². The van der Waals surface area contributed by atoms with Gasteiger partial charge in [0.05, 0.1) is 23.6 Å². The Morgan fingerprint density at radius 2 is 1.65 bits per heavy atom. The Hall–Kier alpha value is -4.57. The number of likely N-dealkylation sites (tertiary alicyclic amines) is 1. The number of hydrogen-bond donors (Lipinski definition) is 2. The van der Waals surface area contributed by atoms with E-state index in [4.69, 9.17) is 6.42 Å². The minimum atomic E-state index is -4.84. The van der Waals surface area contributed by atoms with Crippen molar-refractivity contribution < 1.29 is 41.0 Å². The summed E-state index contributed by atoms with van der Waals surface area (Å²) in [6, 6.07) is 0.433. The molecule has 1 saturated heterocycles. The third-order valence-electron chi connectivity index (χ3n) is 9.76. The molecule has 2 atom stereocenters. The second kappa shape index (κ2) is 15.2. The van der Waals surface area contributed by atoms with Gasteiger partial charge in [-0.3, -0.25) is 14.4 Å². The number of carboxylic acid groups (broad SMARTS) is 1. The number of rotatable bonds is 13. The standard InChI is InChI=1S/C39H41F6N3O4/c1-6-25-13-28(34-21(4)10-27(40)11-22(34)5)37(42)35(36(25)41)30(15-33(50)51)46-38(52)31(9-20(2)3)48-19-26(29(14-32(48)49)39(43,44)45)12-24-17-47(18-24)16-23-7-8-23/h1,10-11,13-14,19-20,23-24,30-31H,7-9,12,15-18H2,2-5H3,(H,46,52)(H,50,51)/t30-,31+/m1/s1. The van der Waals surface area contributed by atoms with Gasteiger partial charge >= 0.3 is 12.1 Å². The summed E-state index contributed by atoms with van der Waals surface area (Å²) in [5.41, 5.74) is -3.21. The average molecular weight is 730 g/mol. The maximum absolute atomic E-state index is 16.5. The number of amides is 1. The lowest BCUT2D eigenvalue weighted by Gasteiger charge is -2.40. The second-order valence-corrected chi connectivity index (χ2v) is 14.6. The molecule has 0 bridgehead atoms. The molecule has 0 radical (unpaired) electrons. The van der Waals surface area contributed by atoms with Crippen LogP contribution in [0.4, 0.5) is 26.3 Å². The summed E-state index contributed by atoms with van der Waals surface area (Å²) < 4.78 is 90.1. The number of terminal acetylenes is 1. The van der Waals surface area contributed by atoms with E-state index in [1.807, 2.05) is 0 Å². The van der Waals surface area contributed by atoms with Gasteiger partial charge in [-0.15, -0.1) is 6.42 Å². The Morgan fingerprint density at radius 3 is 2.19 bits per heavy atom. The van der Waals surface area contributed by atoms with Crippen LogP contribution in [0.5, 0.6) is 0 Å². The molecule has 3 aromatic rings. The molecule has 7 nitrogen and oxygen atoms in total. The van der Waals surface area contributed by atoms with Crippen LogP contribution in [0.3, 0.4) is 0 Å². The molecule has 1 aliphatic heterocycles. The molecule has 1 aliphatic carbocycles. The van der Waals surface area contributed by atoms with Gasteiger partial charge < -0.3 is 19.9 Å². The molecule has 1 saturated carbocycles. The molecule has 52 heavy (non-hydrogen) atoms. The van der Waals surface area contributed by atoms with Gasteiger partial charge in [-0.05, 0) is 97.7 Å². The van der Waals surface area contributed by atoms with E-state index in [1.165, 1.54) is 13.8 Å². The zero-order chi connectivity index (χ0) is 38.2. The summed E-state index contributed by atoms with van der Waals surface area (Å²) in [6.07, 6.45) is 2.93. The van der Waals surface area contributed by atoms with Crippen molar-refractivity contribution in [3.05, 3.63) is 91.6 Å². The molecule has 0 unspecified atom stereocenters. The molecule has 2 aliphatic rings. The highest BCUT2D eigenvalue weighted by Crippen LogP contribution is 2.39. The van der Waals surface area contributed by atoms with Gasteiger partial charge in [0.2, 0.25) is 5.91 Å². The van der Waals surface area contributed by atoms with E-state index in [0.717, 1.165) is 48.3 Å². The molecule has 2 aromatic carbocycles. The van der Waals surface area contributed by atoms with Crippen molar-refractivity contribution in [3.8, 4) is 23.5 Å². The minimum Gasteiger partial charge on any atom is -0.481 e. The number of aryl methyl sites for hydroxylation is 2. The summed E-state index contributed by atoms with van der Waals surface area (Å²) in [5.74, 6) is -3.40. The first kappa shape index (κ1) is 38.7. The maximum Gasteiger partial charge on any atom is 0.416 e. The third kappa shape index (κ3) is 8.55. The van der Waals surface area contributed by atoms with Crippen molar-refractivity contribution in [3.63, 3.8) is 0 Å². The number of carbonyl (C=O) groups is 2. The Labute approximate surface area is 298 Å². The lowest BCUT2D eigenvalue weighted by molar-refractivity contribution is -0.139. The number of nitrogens with one attached hydrogen (secondary N) is 1. The first-order valence-corrected chi connectivity index (χ1v) is 17.2. The van der Waals surface area contributed by atoms with E-state index in [2.05, 4.69) is 16.1 Å². The monoisotopic (exact) mass is 729 g/mol. The summed E-state index contributed by atoms with van der Waals surface area (Å²) >= 11 is 0. The van der Waals surface area contributed by atoms with Crippen molar-refractivity contribution in [1.82, 2.24) is 14.8 Å². The Balaban J connectivity index is 1.55. The molecular weight excluding hydrogens is 688 g/mol. The molecule has 5 rings (SSSR count). The SMILES string of the molecule is C#Cc1cc(-c2c(C)cc(F)cc2C)c(F)c([C@@H](CC(=O)O)NC(=O)[C@H](CC(C)C)n2cc(CC3CN(CC4CC4)C3)c(C(F)(F)F)cc2=O)c1F. The molecule has 13 heteroatoms. The van der Waals surface area contributed by atoms with Crippen molar-refractivity contribution >= 4 is 11.9 Å². The van der Waals surface area contributed by atoms with Crippen LogP contribution < -0.4 is 10.9 Å². The van der Waals surface area contributed by atoms with Crippen molar-refractivity contribution in [1.29, 1.82) is 0 Å². The normalized spacial score (nSPS) is 16.3. The van der Waals surface area contributed by atoms with E-state index < -0.39 is 76.3 Å². The van der Waals surface area contributed by atoms with Crippen molar-refractivity contribution in [2.24, 2.45) is 17.8 Å². The van der Waals surface area contributed by atoms with E-state index in [9.17, 15) is 37.1 Å². The average Bonchev–Trinajstić information content (AvgIpc) is 3.83. The molecule has 2 fully saturated rings. The highest BCUT2D eigenvalue weighted by atomic mass is 19.4. The summed E-state index contributed by atoms with van der Waals surface area (Å²) in [6.45, 7) is 8.53. The Bertz CT molecular complexity index is 1950. The van der Waals surface area contributed by atoms with Gasteiger partial charge in [0.25, 0.3) is 5.56 Å². The quantitative estimate of drug-likeness (QED) is 0.142. The number of aliphatic carboxylic acids is 1. The lowest BCUT2D eigenvalue weighted by atomic mass is 9.89. The largest absolute Gasteiger partial charge is 0.481 e. The van der Waals surface area contributed by atoms with Gasteiger partial charge in [0.1, 0.15) is 23.5 Å². The fourth-order valence-electron chi connectivity index (χ4n) is 7.24. The maximum atomic E-state index is 16.5. The summed E-state index contributed by atoms with van der Waals surface area (Å²) in [5, 5.41) is 12.2. The van der Waals surface area contributed by atoms with Gasteiger partial charge in [-0.1, -0.05) is 19.8 Å². The van der Waals surface area contributed by atoms with Crippen LogP contribution in [0.1, 0.15) is 85.0 Å². The van der Waals surface area contributed by atoms with Crippen LogP contribution in [-0.2, 0) is 22.2 Å².